The molecule has 3 aromatic rings. The number of carbonyl (C=O) groups is 8. The summed E-state index contributed by atoms with van der Waals surface area (Å²) in [4.78, 5) is 113. The zero-order valence-corrected chi connectivity index (χ0v) is 46.3. The second-order valence-electron chi connectivity index (χ2n) is 22.6. The zero-order chi connectivity index (χ0) is 55.4. The standard InChI is InChI=1S/C58H84N10O8/c1-11-44(60-10)53(72)66-48(37-19-13-12-14-20-37)56(75)65-46(54(73)62-34(4)33(2)3)31-61-51(70)40-26-24-39-29-41(27-25-38(39)28-40)52(71)63-42-30-47(55(74)64-45-23-17-21-36-18-15-16-22-43(36)45)68(32-42)57(76)49(58(6,7)8)67-50(69)35(5)59-9/h15-16,18,22,24-29,33-35,37,42,44-49,59-60H,11-14,17,19-21,23,30-32H2,1-10H3,(H,61,70)(H,62,73)(H,63,71)(H,64,74)(H,65,75)(H,66,72)(H,67,69)/t34-,35+,42+,44+,45-,46+,47-,48+,49-/m1/s1. The third-order valence-electron chi connectivity index (χ3n) is 15.7. The first-order valence-electron chi connectivity index (χ1n) is 27.5. The minimum Gasteiger partial charge on any atom is -0.352 e. The lowest BCUT2D eigenvalue weighted by molar-refractivity contribution is -0.144. The van der Waals surface area contributed by atoms with Crippen LogP contribution in [0.15, 0.2) is 60.7 Å². The van der Waals surface area contributed by atoms with Crippen molar-refractivity contribution in [3.8, 4) is 0 Å². The molecule has 0 unspecified atom stereocenters. The average molecular weight is 1050 g/mol. The van der Waals surface area contributed by atoms with Crippen molar-refractivity contribution >= 4 is 58.0 Å². The predicted octanol–water partition coefficient (Wildman–Crippen LogP) is 4.31. The second kappa shape index (κ2) is 26.6. The number of hydrogen-bond donors (Lipinski definition) is 9. The van der Waals surface area contributed by atoms with Gasteiger partial charge in [-0.1, -0.05) is 97.2 Å². The molecule has 76 heavy (non-hydrogen) atoms. The van der Waals surface area contributed by atoms with E-state index in [9.17, 15) is 38.4 Å². The third kappa shape index (κ3) is 15.0. The van der Waals surface area contributed by atoms with E-state index in [1.807, 2.05) is 66.7 Å². The Balaban J connectivity index is 1.16. The Labute approximate surface area is 448 Å². The van der Waals surface area contributed by atoms with Crippen LogP contribution in [0, 0.1) is 17.3 Å². The molecule has 3 aliphatic rings. The Morgan fingerprint density at radius 1 is 0.671 bits per heavy atom. The number of amides is 8. The smallest absolute Gasteiger partial charge is 0.251 e. The second-order valence-corrected chi connectivity index (χ2v) is 22.6. The number of likely N-dealkylation sites (N-methyl/N-ethyl adjacent to an activating group) is 2. The number of benzene rings is 3. The summed E-state index contributed by atoms with van der Waals surface area (Å²) in [6.45, 7) is 14.8. The van der Waals surface area contributed by atoms with E-state index in [1.54, 1.807) is 57.4 Å². The molecule has 9 atom stereocenters. The molecule has 18 nitrogen and oxygen atoms in total. The first kappa shape index (κ1) is 58.9. The third-order valence-corrected chi connectivity index (χ3v) is 15.7. The monoisotopic (exact) mass is 1050 g/mol. The van der Waals surface area contributed by atoms with Crippen LogP contribution in [0.25, 0.3) is 10.8 Å². The molecule has 8 amide bonds. The summed E-state index contributed by atoms with van der Waals surface area (Å²) in [5, 5.41) is 28.1. The zero-order valence-electron chi connectivity index (χ0n) is 46.3. The van der Waals surface area contributed by atoms with Gasteiger partial charge in [0.2, 0.25) is 35.4 Å². The van der Waals surface area contributed by atoms with E-state index in [2.05, 4.69) is 53.9 Å². The molecule has 1 aliphatic heterocycles. The van der Waals surface area contributed by atoms with Gasteiger partial charge in [-0.2, -0.15) is 0 Å². The summed E-state index contributed by atoms with van der Waals surface area (Å²) in [7, 11) is 3.36. The van der Waals surface area contributed by atoms with E-state index in [-0.39, 0.29) is 66.7 Å². The predicted molar refractivity (Wildman–Crippen MR) is 294 cm³/mol. The molecule has 0 spiro atoms. The maximum Gasteiger partial charge on any atom is 0.251 e. The SMILES string of the molecule is CC[C@H](NC)C(=O)N[C@H](C(=O)N[C@@H](CNC(=O)c1ccc2cc(C(=O)N[C@H]3C[C@H](C(=O)N[C@@H]4CCCc5ccccc54)N(C(=O)[C@@H](NC(=O)[C@H](C)NC)C(C)(C)C)C3)ccc2c1)C(=O)N[C@H](C)C(C)C)C1CCCCC1. The lowest BCUT2D eigenvalue weighted by Crippen LogP contribution is -2.61. The van der Waals surface area contributed by atoms with Crippen LogP contribution >= 0.6 is 0 Å². The van der Waals surface area contributed by atoms with Crippen molar-refractivity contribution in [2.45, 2.75) is 174 Å². The van der Waals surface area contributed by atoms with Gasteiger partial charge in [-0.25, -0.2) is 0 Å². The van der Waals surface area contributed by atoms with Gasteiger partial charge < -0.3 is 52.8 Å². The van der Waals surface area contributed by atoms with Crippen LogP contribution in [0.4, 0.5) is 0 Å². The van der Waals surface area contributed by atoms with Crippen molar-refractivity contribution in [2.75, 3.05) is 27.2 Å². The first-order valence-corrected chi connectivity index (χ1v) is 27.5. The highest BCUT2D eigenvalue weighted by molar-refractivity contribution is 6.03. The molecule has 1 heterocycles. The highest BCUT2D eigenvalue weighted by Gasteiger charge is 2.46. The Morgan fingerprint density at radius 2 is 1.32 bits per heavy atom. The van der Waals surface area contributed by atoms with E-state index >= 15 is 0 Å². The molecule has 414 valence electrons. The van der Waals surface area contributed by atoms with E-state index in [0.29, 0.717) is 22.8 Å². The maximum absolute atomic E-state index is 14.6. The van der Waals surface area contributed by atoms with Gasteiger partial charge in [0.1, 0.15) is 24.2 Å². The number of nitrogens with zero attached hydrogens (tertiary/aromatic N) is 1. The van der Waals surface area contributed by atoms with E-state index in [0.717, 1.165) is 56.9 Å². The van der Waals surface area contributed by atoms with Crippen LogP contribution in [-0.4, -0.2) is 128 Å². The summed E-state index contributed by atoms with van der Waals surface area (Å²) in [6.07, 6.45) is 7.68. The van der Waals surface area contributed by atoms with Crippen molar-refractivity contribution in [3.63, 3.8) is 0 Å². The molecule has 2 fully saturated rings. The fourth-order valence-electron chi connectivity index (χ4n) is 10.5. The Hall–Kier alpha value is -6.40. The molecule has 1 saturated heterocycles. The number of likely N-dealkylation sites (tertiary alicyclic amines) is 1. The van der Waals surface area contributed by atoms with Gasteiger partial charge >= 0.3 is 0 Å². The first-order chi connectivity index (χ1) is 36.1. The van der Waals surface area contributed by atoms with Crippen LogP contribution in [0.1, 0.15) is 151 Å². The van der Waals surface area contributed by atoms with Crippen LogP contribution in [0.2, 0.25) is 0 Å². The van der Waals surface area contributed by atoms with Gasteiger partial charge in [-0.3, -0.25) is 38.4 Å². The molecule has 0 aromatic heterocycles. The Kier molecular flexibility index (Phi) is 20.6. The molecule has 18 heteroatoms. The van der Waals surface area contributed by atoms with Crippen molar-refractivity contribution in [2.24, 2.45) is 17.3 Å². The van der Waals surface area contributed by atoms with E-state index in [4.69, 9.17) is 0 Å². The van der Waals surface area contributed by atoms with Crippen molar-refractivity contribution in [1.82, 2.24) is 52.8 Å². The van der Waals surface area contributed by atoms with Crippen molar-refractivity contribution < 1.29 is 38.4 Å². The lowest BCUT2D eigenvalue weighted by Gasteiger charge is -2.36. The number of carbonyl (C=O) groups excluding carboxylic acids is 8. The number of rotatable bonds is 21. The topological polar surface area (TPSA) is 248 Å². The van der Waals surface area contributed by atoms with Gasteiger partial charge in [-0.05, 0) is 136 Å². The molecule has 6 rings (SSSR count). The minimum absolute atomic E-state index is 0.0384. The van der Waals surface area contributed by atoms with Gasteiger partial charge in [0.15, 0.2) is 0 Å². The Morgan fingerprint density at radius 3 is 1.93 bits per heavy atom. The molecule has 0 radical (unpaired) electrons. The largest absolute Gasteiger partial charge is 0.352 e. The average Bonchev–Trinajstić information content (AvgIpc) is 3.85. The fourth-order valence-corrected chi connectivity index (χ4v) is 10.5. The normalized spacial score (nSPS) is 20.2. The van der Waals surface area contributed by atoms with Crippen molar-refractivity contribution in [3.05, 3.63) is 82.9 Å². The molecular formula is C58H84N10O8. The number of nitrogens with one attached hydrogen (secondary N) is 9. The van der Waals surface area contributed by atoms with Gasteiger partial charge in [0.25, 0.3) is 11.8 Å². The van der Waals surface area contributed by atoms with Crippen LogP contribution in [-0.2, 0) is 35.2 Å². The minimum atomic E-state index is -1.15. The molecule has 2 aliphatic carbocycles. The summed E-state index contributed by atoms with van der Waals surface area (Å²) >= 11 is 0. The highest BCUT2D eigenvalue weighted by atomic mass is 16.2. The maximum atomic E-state index is 14.6. The Bertz CT molecular complexity index is 2570. The number of aryl methyl sites for hydroxylation is 1. The quantitative estimate of drug-likeness (QED) is 0.0732. The van der Waals surface area contributed by atoms with Gasteiger partial charge in [0.05, 0.1) is 18.1 Å². The highest BCUT2D eigenvalue weighted by Crippen LogP contribution is 2.32. The van der Waals surface area contributed by atoms with Gasteiger partial charge in [0, 0.05) is 36.3 Å². The van der Waals surface area contributed by atoms with Gasteiger partial charge in [-0.15, -0.1) is 0 Å². The van der Waals surface area contributed by atoms with Crippen LogP contribution in [0.3, 0.4) is 0 Å². The summed E-state index contributed by atoms with van der Waals surface area (Å²) in [5.41, 5.74) is 2.13. The number of fused-ring (bicyclic) bond motifs is 2. The molecule has 1 saturated carbocycles. The number of hydrogen-bond acceptors (Lipinski definition) is 10. The van der Waals surface area contributed by atoms with Crippen molar-refractivity contribution in [1.29, 1.82) is 0 Å². The van der Waals surface area contributed by atoms with Crippen LogP contribution < -0.4 is 47.9 Å². The lowest BCUT2D eigenvalue weighted by atomic mass is 9.83. The summed E-state index contributed by atoms with van der Waals surface area (Å²) < 4.78 is 0. The molecule has 9 N–H and O–H groups in total. The molecular weight excluding hydrogens is 965 g/mol. The summed E-state index contributed by atoms with van der Waals surface area (Å²) in [6, 6.07) is 12.1. The summed E-state index contributed by atoms with van der Waals surface area (Å²) in [5.74, 6) is -3.25. The van der Waals surface area contributed by atoms with E-state index < -0.39 is 77.2 Å². The van der Waals surface area contributed by atoms with Crippen LogP contribution in [0.5, 0.6) is 0 Å². The van der Waals surface area contributed by atoms with E-state index in [1.165, 1.54) is 10.5 Å². The molecule has 0 bridgehead atoms. The fraction of sp³-hybridized carbons (Fsp3) is 0.586. The molecule has 3 aromatic carbocycles.